The lowest BCUT2D eigenvalue weighted by atomic mass is 10.1. The number of carbonyl (C=O) groups excluding carboxylic acids is 2. The molecule has 0 bridgehead atoms. The number of para-hydroxylation sites is 12. The molecule has 30 nitrogen and oxygen atoms in total. The third-order valence-corrected chi connectivity index (χ3v) is 29.4. The largest absolute Gasteiger partial charge is 0.493 e. The van der Waals surface area contributed by atoms with Crippen molar-refractivity contribution in [2.75, 3.05) is 80.8 Å². The van der Waals surface area contributed by atoms with E-state index in [2.05, 4.69) is 31.2 Å². The molecule has 4 aliphatic rings. The molecule has 2 aromatic heterocycles. The molecular weight excluding hydrogens is 1880 g/mol. The predicted molar refractivity (Wildman–Crippen MR) is 532 cm³/mol. The summed E-state index contributed by atoms with van der Waals surface area (Å²) >= 11 is 0. The van der Waals surface area contributed by atoms with Crippen LogP contribution < -0.4 is 70.5 Å². The molecule has 12 aromatic carbocycles. The third-order valence-electron chi connectivity index (χ3n) is 22.9. The van der Waals surface area contributed by atoms with E-state index in [-0.39, 0.29) is 54.9 Å². The summed E-state index contributed by atoms with van der Waals surface area (Å²) in [5.74, 6) is 5.88. The first kappa shape index (κ1) is 102. The molecule has 6 heterocycles. The van der Waals surface area contributed by atoms with Gasteiger partial charge in [-0.05, 0) is 210 Å². The first-order valence-corrected chi connectivity index (χ1v) is 52.1. The van der Waals surface area contributed by atoms with Crippen molar-refractivity contribution >= 4 is 93.4 Å². The predicted octanol–water partition coefficient (Wildman–Crippen LogP) is 17.3. The molecule has 4 saturated heterocycles. The monoisotopic (exact) mass is 1990 g/mol. The molecule has 0 spiro atoms. The number of ether oxygens (including phenoxy) is 8. The molecule has 18 rings (SSSR count). The van der Waals surface area contributed by atoms with Crippen LogP contribution in [0.3, 0.4) is 0 Å². The number of methoxy groups -OCH3 is 4. The van der Waals surface area contributed by atoms with Gasteiger partial charge < -0.3 is 69.1 Å². The van der Waals surface area contributed by atoms with Crippen molar-refractivity contribution in [3.05, 3.63) is 335 Å². The average Bonchev–Trinajstić information content (AvgIpc) is 1.59. The lowest BCUT2D eigenvalue weighted by molar-refractivity contribution is -0.122. The second kappa shape index (κ2) is 49.2. The fourth-order valence-corrected chi connectivity index (χ4v) is 20.6. The quantitative estimate of drug-likeness (QED) is 0.0274. The van der Waals surface area contributed by atoms with Crippen LogP contribution in [0.15, 0.2) is 332 Å². The Labute approximate surface area is 811 Å². The van der Waals surface area contributed by atoms with E-state index in [9.17, 15) is 52.8 Å². The minimum absolute atomic E-state index is 0.0124. The third kappa shape index (κ3) is 28.5. The van der Waals surface area contributed by atoms with E-state index in [0.717, 1.165) is 85.1 Å². The van der Waals surface area contributed by atoms with E-state index in [1.807, 2.05) is 150 Å². The molecule has 36 heteroatoms. The summed E-state index contributed by atoms with van der Waals surface area (Å²) in [5, 5.41) is 12.7. The molecular formula is C102H108Cl2N10O20S4. The molecule has 2 amide bonds. The van der Waals surface area contributed by atoms with Crippen molar-refractivity contribution in [1.29, 1.82) is 0 Å². The van der Waals surface area contributed by atoms with Crippen molar-refractivity contribution in [2.24, 2.45) is 0 Å². The van der Waals surface area contributed by atoms with Crippen LogP contribution in [-0.2, 0) is 60.6 Å². The zero-order chi connectivity index (χ0) is 97.6. The first-order valence-electron chi connectivity index (χ1n) is 44.6. The maximum Gasteiger partial charge on any atom is 0.326 e. The lowest BCUT2D eigenvalue weighted by Crippen LogP contribution is -2.46. The molecule has 14 aromatic rings. The van der Waals surface area contributed by atoms with Crippen LogP contribution in [0.4, 0.5) is 0 Å². The fraction of sp³-hybridized carbons (Fsp3) is 0.255. The SMILES string of the molecule is COc1ccccc1Oc1cccc(S(=O)(=O)Cl)c1.COc1ccccc1Oc1cccc(S(=O)(=O)Cl)c1.COc1ccccc1Oc1cccc(S(=O)(=O)N2CCC(NC(=O)Cc3ccccc3)CC2)c1.COc1ccccc1Oc1cccc(S(=O)(=O)N2CCC(n3c(=O)[nH]c4ccccc43)CC2)c1.O=C(Cc1ccccc1)NC1CCNCC1.O=c1[nH]c2ccccc2n1C1CCNCC1. The standard InChI is InChI=1S/C26H28N2O5S.C25H25N3O5S.2C13H11ClO4S.C13H18N2O.C12H15N3O/c1-32-24-12-5-6-13-25(24)33-22-10-7-11-23(19-22)34(30,31)28-16-14-21(15-17-28)27-26(29)18-20-8-3-2-4-9-20;1-32-23-11-4-5-12-24(23)33-19-7-6-8-20(17-19)34(30,31)27-15-13-18(14-16-27)28-22-10-3-2-9-21(22)26-25(28)29;2*1-17-12-7-2-3-8-13(12)18-10-5-4-6-11(9-10)19(14,15)16;16-13(10-11-4-2-1-3-5-11)15-12-6-8-14-9-7-12;16-12-14-10-3-1-2-4-11(10)15(12)9-5-7-13-8-6-9/h2-13,19,21H,14-18H2,1H3,(H,27,29);2-12,17-18H,13-16H2,1H3,(H,26,29);2*2-9H,1H3;1-5,12,14H,6-10H2,(H,15,16);1-4,9,13H,5-8H2,(H,14,16). The summed E-state index contributed by atoms with van der Waals surface area (Å²) in [6, 6.07) is 88.8. The number of piperidine rings is 4. The van der Waals surface area contributed by atoms with Crippen LogP contribution in [0.2, 0.25) is 0 Å². The van der Waals surface area contributed by atoms with Gasteiger partial charge in [0.1, 0.15) is 23.0 Å². The van der Waals surface area contributed by atoms with Gasteiger partial charge >= 0.3 is 11.4 Å². The maximum absolute atomic E-state index is 13.4. The average molecular weight is 1990 g/mol. The summed E-state index contributed by atoms with van der Waals surface area (Å²) in [4.78, 5) is 54.7. The van der Waals surface area contributed by atoms with Gasteiger partial charge in [-0.2, -0.15) is 8.61 Å². The smallest absolute Gasteiger partial charge is 0.326 e. The Hall–Kier alpha value is -13.3. The molecule has 0 radical (unpaired) electrons. The number of sulfonamides is 2. The van der Waals surface area contributed by atoms with Crippen molar-refractivity contribution in [2.45, 2.75) is 108 Å². The van der Waals surface area contributed by atoms with Gasteiger partial charge in [-0.15, -0.1) is 0 Å². The number of nitrogens with zero attached hydrogens (tertiary/aromatic N) is 4. The molecule has 0 unspecified atom stereocenters. The Morgan fingerprint density at radius 2 is 0.601 bits per heavy atom. The topological polar surface area (TPSA) is 375 Å². The van der Waals surface area contributed by atoms with Crippen LogP contribution in [0.25, 0.3) is 22.1 Å². The second-order valence-electron chi connectivity index (χ2n) is 32.2. The number of aromatic nitrogens is 4. The van der Waals surface area contributed by atoms with E-state index in [1.54, 1.807) is 140 Å². The highest BCUT2D eigenvalue weighted by Crippen LogP contribution is 2.39. The highest BCUT2D eigenvalue weighted by atomic mass is 35.7. The number of hydrogen-bond acceptors (Lipinski definition) is 22. The molecule has 724 valence electrons. The Morgan fingerprint density at radius 1 is 0.326 bits per heavy atom. The first-order chi connectivity index (χ1) is 66.6. The van der Waals surface area contributed by atoms with Gasteiger partial charge in [0.25, 0.3) is 18.1 Å². The number of hydrogen-bond donors (Lipinski definition) is 6. The Morgan fingerprint density at radius 3 is 0.935 bits per heavy atom. The van der Waals surface area contributed by atoms with Gasteiger partial charge in [-0.1, -0.05) is 158 Å². The molecule has 6 N–H and O–H groups in total. The van der Waals surface area contributed by atoms with E-state index in [1.165, 1.54) is 59.2 Å². The number of aromatic amines is 2. The number of H-pyrrole nitrogens is 2. The summed E-state index contributed by atoms with van der Waals surface area (Å²) in [7, 11) is 1.79. The maximum atomic E-state index is 13.4. The normalized spacial score (nSPS) is 14.6. The molecule has 0 saturated carbocycles. The van der Waals surface area contributed by atoms with Crippen LogP contribution >= 0.6 is 21.4 Å². The summed E-state index contributed by atoms with van der Waals surface area (Å²) in [5.41, 5.74) is 5.48. The van der Waals surface area contributed by atoms with Crippen LogP contribution in [-0.4, -0.2) is 166 Å². The van der Waals surface area contributed by atoms with E-state index < -0.39 is 38.1 Å². The molecule has 4 fully saturated rings. The Kier molecular flexibility index (Phi) is 36.4. The van der Waals surface area contributed by atoms with Crippen LogP contribution in [0.1, 0.15) is 74.6 Å². The number of amides is 2. The minimum atomic E-state index is -3.77. The van der Waals surface area contributed by atoms with Gasteiger partial charge in [0, 0.05) is 96.0 Å². The second-order valence-corrected chi connectivity index (χ2v) is 41.2. The number of halogens is 2. The van der Waals surface area contributed by atoms with Crippen LogP contribution in [0, 0.1) is 0 Å². The zero-order valence-corrected chi connectivity index (χ0v) is 81.0. The number of benzene rings is 12. The van der Waals surface area contributed by atoms with Gasteiger partial charge in [-0.25, -0.2) is 43.3 Å². The number of carbonyl (C=O) groups is 2. The van der Waals surface area contributed by atoms with Crippen molar-refractivity contribution in [3.63, 3.8) is 0 Å². The molecule has 138 heavy (non-hydrogen) atoms. The van der Waals surface area contributed by atoms with Gasteiger partial charge in [0.15, 0.2) is 46.0 Å². The highest BCUT2D eigenvalue weighted by molar-refractivity contribution is 8.14. The van der Waals surface area contributed by atoms with Gasteiger partial charge in [0.2, 0.25) is 31.9 Å². The molecule has 0 aliphatic carbocycles. The van der Waals surface area contributed by atoms with E-state index >= 15 is 0 Å². The number of fused-ring (bicyclic) bond motifs is 2. The fourth-order valence-electron chi connectivity index (χ4n) is 16.0. The van der Waals surface area contributed by atoms with Gasteiger partial charge in [-0.3, -0.25) is 18.7 Å². The summed E-state index contributed by atoms with van der Waals surface area (Å²) in [6.45, 7) is 5.36. The van der Waals surface area contributed by atoms with Crippen LogP contribution in [0.5, 0.6) is 69.0 Å². The van der Waals surface area contributed by atoms with E-state index in [4.69, 9.17) is 59.3 Å². The van der Waals surface area contributed by atoms with Crippen molar-refractivity contribution in [3.8, 4) is 69.0 Å². The number of nitrogens with one attached hydrogen (secondary N) is 6. The summed E-state index contributed by atoms with van der Waals surface area (Å²) in [6.07, 6.45) is 7.19. The van der Waals surface area contributed by atoms with E-state index in [0.29, 0.717) is 146 Å². The van der Waals surface area contributed by atoms with Gasteiger partial charge in [0.05, 0.1) is 82.9 Å². The van der Waals surface area contributed by atoms with Crippen molar-refractivity contribution < 1.29 is 81.2 Å². The number of imidazole rings is 2. The Balaban J connectivity index is 0.000000144. The van der Waals surface area contributed by atoms with Crippen molar-refractivity contribution in [1.82, 2.24) is 49.0 Å². The molecule has 0 atom stereocenters. The molecule has 4 aliphatic heterocycles. The summed E-state index contributed by atoms with van der Waals surface area (Å²) < 4.78 is 149. The Bertz CT molecular complexity index is 6910. The number of rotatable bonds is 26. The zero-order valence-electron chi connectivity index (χ0n) is 76.2. The minimum Gasteiger partial charge on any atom is -0.493 e. The lowest BCUT2D eigenvalue weighted by Gasteiger charge is -2.31. The highest BCUT2D eigenvalue weighted by Gasteiger charge is 2.34.